The minimum absolute atomic E-state index is 0. The third-order valence-electron chi connectivity index (χ3n) is 2.30. The molecule has 0 radical (unpaired) electrons. The molecule has 9 heteroatoms. The zero-order chi connectivity index (χ0) is 14.0. The molecule has 0 saturated carbocycles. The Bertz CT molecular complexity index is 574. The Balaban J connectivity index is 0.00000200. The van der Waals surface area contributed by atoms with Gasteiger partial charge in [-0.05, 0) is 6.07 Å². The van der Waals surface area contributed by atoms with Crippen LogP contribution in [0.4, 0.5) is 13.2 Å². The number of para-hydroxylation sites is 1. The molecule has 0 saturated heterocycles. The van der Waals surface area contributed by atoms with Crippen molar-refractivity contribution in [1.82, 2.24) is 10.1 Å². The molecule has 0 bridgehead atoms. The molecule has 110 valence electrons. The second-order valence-corrected chi connectivity index (χ2v) is 3.73. The summed E-state index contributed by atoms with van der Waals surface area (Å²) in [7, 11) is 0. The number of benzene rings is 1. The second-order valence-electron chi connectivity index (χ2n) is 3.73. The number of hydrogen-bond donors (Lipinski definition) is 1. The van der Waals surface area contributed by atoms with Crippen molar-refractivity contribution in [2.75, 3.05) is 0 Å². The molecule has 0 aliphatic carbocycles. The van der Waals surface area contributed by atoms with Gasteiger partial charge in [0.1, 0.15) is 5.75 Å². The summed E-state index contributed by atoms with van der Waals surface area (Å²) in [5.74, 6) is -0.0136. The molecule has 5 nitrogen and oxygen atoms in total. The van der Waals surface area contributed by atoms with E-state index in [2.05, 4.69) is 14.9 Å². The molecule has 0 spiro atoms. The number of hydrogen-bond acceptors (Lipinski definition) is 5. The van der Waals surface area contributed by atoms with Gasteiger partial charge >= 0.3 is 6.36 Å². The molecule has 1 unspecified atom stereocenters. The Hall–Kier alpha value is -1.80. The molecule has 2 aromatic rings. The molecule has 2 rings (SSSR count). The van der Waals surface area contributed by atoms with E-state index in [1.807, 2.05) is 0 Å². The average Bonchev–Trinajstić information content (AvgIpc) is 2.74. The third kappa shape index (κ3) is 3.84. The Morgan fingerprint density at radius 3 is 2.50 bits per heavy atom. The second kappa shape index (κ2) is 6.10. The molecule has 0 fully saturated rings. The van der Waals surface area contributed by atoms with Gasteiger partial charge in [0.25, 0.3) is 0 Å². The van der Waals surface area contributed by atoms with Gasteiger partial charge in [-0.2, -0.15) is 4.98 Å². The van der Waals surface area contributed by atoms with Gasteiger partial charge in [0, 0.05) is 12.5 Å². The maximum absolute atomic E-state index is 12.3. The standard InChI is InChI=1S/C11H10F3N3O2.ClH/c1-6-16-10(17-19-6)9(15)7-4-2-3-5-8(7)18-11(12,13)14;/h2-5,9H,15H2,1H3;1H. The molecule has 20 heavy (non-hydrogen) atoms. The lowest BCUT2D eigenvalue weighted by Gasteiger charge is -2.15. The van der Waals surface area contributed by atoms with Crippen LogP contribution >= 0.6 is 12.4 Å². The molecule has 0 aliphatic heterocycles. The summed E-state index contributed by atoms with van der Waals surface area (Å²) in [6, 6.07) is 4.59. The van der Waals surface area contributed by atoms with Crippen LogP contribution in [0.2, 0.25) is 0 Å². The van der Waals surface area contributed by atoms with Crippen LogP contribution in [0.1, 0.15) is 23.3 Å². The fourth-order valence-corrected chi connectivity index (χ4v) is 1.54. The minimum atomic E-state index is -4.79. The number of ether oxygens (including phenoxy) is 1. The highest BCUT2D eigenvalue weighted by Crippen LogP contribution is 2.31. The van der Waals surface area contributed by atoms with Gasteiger partial charge in [0.2, 0.25) is 5.89 Å². The van der Waals surface area contributed by atoms with Crippen molar-refractivity contribution in [1.29, 1.82) is 0 Å². The molecule has 1 aromatic heterocycles. The molecule has 0 amide bonds. The first kappa shape index (κ1) is 16.3. The fraction of sp³-hybridized carbons (Fsp3) is 0.273. The molecule has 1 atom stereocenters. The zero-order valence-electron chi connectivity index (χ0n) is 10.2. The fourth-order valence-electron chi connectivity index (χ4n) is 1.54. The molecular weight excluding hydrogens is 299 g/mol. The van der Waals surface area contributed by atoms with Gasteiger partial charge in [-0.25, -0.2) is 0 Å². The summed E-state index contributed by atoms with van der Waals surface area (Å²) in [5, 5.41) is 3.58. The number of nitrogens with zero attached hydrogens (tertiary/aromatic N) is 2. The maximum Gasteiger partial charge on any atom is 0.573 e. The van der Waals surface area contributed by atoms with E-state index in [0.717, 1.165) is 0 Å². The average molecular weight is 310 g/mol. The summed E-state index contributed by atoms with van der Waals surface area (Å²) in [5.41, 5.74) is 5.94. The topological polar surface area (TPSA) is 74.2 Å². The predicted octanol–water partition coefficient (Wildman–Crippen LogP) is 2.75. The Labute approximate surface area is 118 Å². The summed E-state index contributed by atoms with van der Waals surface area (Å²) in [4.78, 5) is 3.88. The normalized spacial score (nSPS) is 12.7. The van der Waals surface area contributed by atoms with E-state index in [9.17, 15) is 13.2 Å². The Kier molecular flexibility index (Phi) is 4.96. The van der Waals surface area contributed by atoms with Crippen LogP contribution in [0.25, 0.3) is 0 Å². The highest BCUT2D eigenvalue weighted by atomic mass is 35.5. The van der Waals surface area contributed by atoms with Crippen LogP contribution in [0.5, 0.6) is 5.75 Å². The number of halogens is 4. The molecule has 1 aromatic carbocycles. The van der Waals surface area contributed by atoms with E-state index in [4.69, 9.17) is 10.3 Å². The smallest absolute Gasteiger partial charge is 0.405 e. The van der Waals surface area contributed by atoms with Crippen molar-refractivity contribution in [2.24, 2.45) is 5.73 Å². The monoisotopic (exact) mass is 309 g/mol. The van der Waals surface area contributed by atoms with Gasteiger partial charge in [-0.1, -0.05) is 23.4 Å². The lowest BCUT2D eigenvalue weighted by Crippen LogP contribution is -2.21. The Morgan fingerprint density at radius 1 is 1.30 bits per heavy atom. The van der Waals surface area contributed by atoms with E-state index in [1.54, 1.807) is 13.0 Å². The van der Waals surface area contributed by atoms with Crippen molar-refractivity contribution >= 4 is 12.4 Å². The van der Waals surface area contributed by atoms with E-state index in [0.29, 0.717) is 0 Å². The van der Waals surface area contributed by atoms with Crippen LogP contribution in [0, 0.1) is 6.92 Å². The van der Waals surface area contributed by atoms with Crippen LogP contribution < -0.4 is 10.5 Å². The van der Waals surface area contributed by atoms with Gasteiger partial charge in [0.05, 0.1) is 6.04 Å². The Morgan fingerprint density at radius 2 is 1.95 bits per heavy atom. The van der Waals surface area contributed by atoms with E-state index in [1.165, 1.54) is 18.2 Å². The molecular formula is C11H11ClF3N3O2. The van der Waals surface area contributed by atoms with Gasteiger partial charge in [-0.15, -0.1) is 25.6 Å². The minimum Gasteiger partial charge on any atom is -0.405 e. The summed E-state index contributed by atoms with van der Waals surface area (Å²) in [6.07, 6.45) is -4.79. The number of rotatable bonds is 3. The highest BCUT2D eigenvalue weighted by molar-refractivity contribution is 5.85. The SMILES string of the molecule is Cc1nc(C(N)c2ccccc2OC(F)(F)F)no1.Cl. The number of aromatic nitrogens is 2. The van der Waals surface area contributed by atoms with Gasteiger partial charge in [0.15, 0.2) is 5.82 Å². The summed E-state index contributed by atoms with van der Waals surface area (Å²) < 4.78 is 45.5. The van der Waals surface area contributed by atoms with E-state index < -0.39 is 12.4 Å². The first-order chi connectivity index (χ1) is 8.87. The van der Waals surface area contributed by atoms with Gasteiger partial charge in [-0.3, -0.25) is 0 Å². The van der Waals surface area contributed by atoms with Crippen LogP contribution in [0.15, 0.2) is 28.8 Å². The number of aryl methyl sites for hydroxylation is 1. The molecule has 1 heterocycles. The van der Waals surface area contributed by atoms with Crippen molar-refractivity contribution in [3.05, 3.63) is 41.5 Å². The van der Waals surface area contributed by atoms with E-state index >= 15 is 0 Å². The third-order valence-corrected chi connectivity index (χ3v) is 2.30. The lowest BCUT2D eigenvalue weighted by atomic mass is 10.1. The highest BCUT2D eigenvalue weighted by Gasteiger charge is 2.33. The quantitative estimate of drug-likeness (QED) is 0.943. The summed E-state index contributed by atoms with van der Waals surface area (Å²) in [6.45, 7) is 1.56. The van der Waals surface area contributed by atoms with Crippen molar-refractivity contribution < 1.29 is 22.4 Å². The van der Waals surface area contributed by atoms with Gasteiger partial charge < -0.3 is 15.0 Å². The van der Waals surface area contributed by atoms with Crippen molar-refractivity contribution in [2.45, 2.75) is 19.3 Å². The predicted molar refractivity (Wildman–Crippen MR) is 65.4 cm³/mol. The molecule has 0 aliphatic rings. The zero-order valence-corrected chi connectivity index (χ0v) is 11.0. The lowest BCUT2D eigenvalue weighted by molar-refractivity contribution is -0.274. The van der Waals surface area contributed by atoms with Crippen molar-refractivity contribution in [3.63, 3.8) is 0 Å². The first-order valence-electron chi connectivity index (χ1n) is 5.27. The number of alkyl halides is 3. The van der Waals surface area contributed by atoms with E-state index in [-0.39, 0.29) is 35.4 Å². The maximum atomic E-state index is 12.3. The van der Waals surface area contributed by atoms with Crippen molar-refractivity contribution in [3.8, 4) is 5.75 Å². The van der Waals surface area contributed by atoms with Crippen LogP contribution in [0.3, 0.4) is 0 Å². The van der Waals surface area contributed by atoms with Crippen LogP contribution in [-0.4, -0.2) is 16.5 Å². The molecule has 2 N–H and O–H groups in total. The first-order valence-corrected chi connectivity index (χ1v) is 5.27. The van der Waals surface area contributed by atoms with Crippen LogP contribution in [-0.2, 0) is 0 Å². The summed E-state index contributed by atoms with van der Waals surface area (Å²) >= 11 is 0. The largest absolute Gasteiger partial charge is 0.573 e. The number of nitrogens with two attached hydrogens (primary N) is 1.